The maximum Gasteiger partial charge on any atom is 0.296 e. The van der Waals surface area contributed by atoms with E-state index in [2.05, 4.69) is 15.6 Å². The maximum absolute atomic E-state index is 15.1. The van der Waals surface area contributed by atoms with E-state index in [0.29, 0.717) is 24.1 Å². The van der Waals surface area contributed by atoms with E-state index in [1.807, 2.05) is 12.1 Å². The first kappa shape index (κ1) is 21.3. The number of benzene rings is 2. The minimum absolute atomic E-state index is 0.107. The van der Waals surface area contributed by atoms with Crippen molar-refractivity contribution in [2.45, 2.75) is 25.2 Å². The summed E-state index contributed by atoms with van der Waals surface area (Å²) in [6, 6.07) is 13.2. The average Bonchev–Trinajstić information content (AvgIpc) is 3.55. The molecule has 0 unspecified atom stereocenters. The zero-order valence-corrected chi connectivity index (χ0v) is 17.9. The van der Waals surface area contributed by atoms with Gasteiger partial charge in [0.1, 0.15) is 17.7 Å². The van der Waals surface area contributed by atoms with Crippen LogP contribution in [0, 0.1) is 28.9 Å². The molecule has 2 heterocycles. The summed E-state index contributed by atoms with van der Waals surface area (Å²) in [5.41, 5.74) is 0.920. The first-order valence-corrected chi connectivity index (χ1v) is 11.1. The van der Waals surface area contributed by atoms with Gasteiger partial charge in [0.15, 0.2) is 5.82 Å². The summed E-state index contributed by atoms with van der Waals surface area (Å²) in [5.74, 6) is -0.914. The predicted molar refractivity (Wildman–Crippen MR) is 121 cm³/mol. The molecule has 0 bridgehead atoms. The molecule has 2 aliphatic rings. The molecule has 0 spiro atoms. The van der Waals surface area contributed by atoms with Crippen LogP contribution >= 0.6 is 0 Å². The lowest BCUT2D eigenvalue weighted by Gasteiger charge is -2.17. The van der Waals surface area contributed by atoms with Gasteiger partial charge in [0.25, 0.3) is 5.56 Å². The first-order valence-electron chi connectivity index (χ1n) is 11.1. The highest BCUT2D eigenvalue weighted by atomic mass is 19.1. The van der Waals surface area contributed by atoms with Crippen LogP contribution in [0.4, 0.5) is 14.6 Å². The number of hydrogen-bond donors (Lipinski definition) is 2. The second-order valence-corrected chi connectivity index (χ2v) is 8.65. The van der Waals surface area contributed by atoms with Gasteiger partial charge < -0.3 is 10.6 Å². The summed E-state index contributed by atoms with van der Waals surface area (Å²) in [6.07, 6.45) is 3.23. The Morgan fingerprint density at radius 3 is 2.58 bits per heavy atom. The summed E-state index contributed by atoms with van der Waals surface area (Å²) in [7, 11) is 0. The number of anilines is 1. The van der Waals surface area contributed by atoms with Crippen molar-refractivity contribution in [3.63, 3.8) is 0 Å². The lowest BCUT2D eigenvalue weighted by Crippen LogP contribution is -2.28. The van der Waals surface area contributed by atoms with Crippen molar-refractivity contribution in [1.29, 1.82) is 5.26 Å². The highest BCUT2D eigenvalue weighted by Gasteiger charge is 2.25. The van der Waals surface area contributed by atoms with E-state index in [1.54, 1.807) is 18.2 Å². The van der Waals surface area contributed by atoms with Gasteiger partial charge in [-0.1, -0.05) is 12.1 Å². The van der Waals surface area contributed by atoms with Gasteiger partial charge in [-0.25, -0.2) is 9.37 Å². The Balaban J connectivity index is 1.61. The third-order valence-electron chi connectivity index (χ3n) is 6.30. The molecule has 0 radical (unpaired) electrons. The van der Waals surface area contributed by atoms with Crippen LogP contribution in [0.15, 0.2) is 47.3 Å². The van der Waals surface area contributed by atoms with Crippen molar-refractivity contribution in [3.05, 3.63) is 75.6 Å². The SMILES string of the molecule is N#Cc1ccc(-c2nc(NC[C@H]3CCNC3)c(F)c(=O)n2-c2ccc(C3CC3)cc2)cc1F. The molecule has 1 aromatic heterocycles. The molecule has 1 saturated heterocycles. The lowest BCUT2D eigenvalue weighted by atomic mass is 10.1. The molecule has 1 saturated carbocycles. The van der Waals surface area contributed by atoms with Crippen LogP contribution in [-0.2, 0) is 0 Å². The van der Waals surface area contributed by atoms with Gasteiger partial charge in [0.05, 0.1) is 11.3 Å². The van der Waals surface area contributed by atoms with Crippen LogP contribution in [0.3, 0.4) is 0 Å². The van der Waals surface area contributed by atoms with E-state index in [4.69, 9.17) is 5.26 Å². The highest BCUT2D eigenvalue weighted by molar-refractivity contribution is 5.62. The van der Waals surface area contributed by atoms with Crippen molar-refractivity contribution in [1.82, 2.24) is 14.9 Å². The van der Waals surface area contributed by atoms with E-state index >= 15 is 4.39 Å². The topological polar surface area (TPSA) is 82.7 Å². The molecule has 3 aromatic rings. The fourth-order valence-corrected chi connectivity index (χ4v) is 4.24. The summed E-state index contributed by atoms with van der Waals surface area (Å²) < 4.78 is 30.7. The molecule has 6 nitrogen and oxygen atoms in total. The van der Waals surface area contributed by atoms with Crippen molar-refractivity contribution < 1.29 is 8.78 Å². The summed E-state index contributed by atoms with van der Waals surface area (Å²) in [6.45, 7) is 2.18. The van der Waals surface area contributed by atoms with Gasteiger partial charge in [-0.2, -0.15) is 9.65 Å². The smallest absolute Gasteiger partial charge is 0.296 e. The Hall–Kier alpha value is -3.57. The van der Waals surface area contributed by atoms with E-state index in [-0.39, 0.29) is 22.8 Å². The number of halogens is 2. The lowest BCUT2D eigenvalue weighted by molar-refractivity contribution is 0.580. The molecular formula is C25H23F2N5O. The van der Waals surface area contributed by atoms with Crippen molar-refractivity contribution in [3.8, 4) is 23.1 Å². The minimum Gasteiger partial charge on any atom is -0.367 e. The third kappa shape index (κ3) is 4.24. The van der Waals surface area contributed by atoms with Gasteiger partial charge in [-0.05, 0) is 80.1 Å². The van der Waals surface area contributed by atoms with Crippen molar-refractivity contribution in [2.75, 3.05) is 25.0 Å². The second-order valence-electron chi connectivity index (χ2n) is 8.65. The maximum atomic E-state index is 15.1. The van der Waals surface area contributed by atoms with Crippen LogP contribution in [0.2, 0.25) is 0 Å². The molecule has 1 atom stereocenters. The zero-order valence-electron chi connectivity index (χ0n) is 17.9. The third-order valence-corrected chi connectivity index (χ3v) is 6.30. The monoisotopic (exact) mass is 447 g/mol. The van der Waals surface area contributed by atoms with Gasteiger partial charge >= 0.3 is 0 Å². The van der Waals surface area contributed by atoms with E-state index < -0.39 is 17.2 Å². The molecule has 2 fully saturated rings. The number of hydrogen-bond acceptors (Lipinski definition) is 5. The number of nitrogens with one attached hydrogen (secondary N) is 2. The number of nitriles is 1. The first-order chi connectivity index (χ1) is 16.0. The Morgan fingerprint density at radius 2 is 1.94 bits per heavy atom. The van der Waals surface area contributed by atoms with Gasteiger partial charge in [0, 0.05) is 12.1 Å². The second kappa shape index (κ2) is 8.75. The number of aromatic nitrogens is 2. The largest absolute Gasteiger partial charge is 0.367 e. The van der Waals surface area contributed by atoms with Crippen LogP contribution in [-0.4, -0.2) is 29.2 Å². The Bertz CT molecular complexity index is 1290. The zero-order chi connectivity index (χ0) is 22.9. The summed E-state index contributed by atoms with van der Waals surface area (Å²) >= 11 is 0. The fourth-order valence-electron chi connectivity index (χ4n) is 4.24. The standard InChI is InChI=1S/C25H23F2N5O/c26-21-11-18(3-4-19(21)12-28)24-31-23(30-14-15-9-10-29-13-15)22(27)25(33)32(24)20-7-5-17(6-8-20)16-1-2-16/h3-8,11,15-16,29-30H,1-2,9-10,13-14H2/t15-/m0/s1. The molecule has 2 N–H and O–H groups in total. The summed E-state index contributed by atoms with van der Waals surface area (Å²) in [5, 5.41) is 15.3. The van der Waals surface area contributed by atoms with Crippen LogP contribution in [0.1, 0.15) is 36.3 Å². The minimum atomic E-state index is -0.981. The number of nitrogens with zero attached hydrogens (tertiary/aromatic N) is 3. The summed E-state index contributed by atoms with van der Waals surface area (Å²) in [4.78, 5) is 17.6. The van der Waals surface area contributed by atoms with Crippen LogP contribution in [0.5, 0.6) is 0 Å². The van der Waals surface area contributed by atoms with E-state index in [1.165, 1.54) is 17.7 Å². The molecule has 2 aromatic carbocycles. The van der Waals surface area contributed by atoms with Gasteiger partial charge in [-0.3, -0.25) is 9.36 Å². The average molecular weight is 447 g/mol. The van der Waals surface area contributed by atoms with Crippen molar-refractivity contribution in [2.24, 2.45) is 5.92 Å². The van der Waals surface area contributed by atoms with E-state index in [9.17, 15) is 9.18 Å². The van der Waals surface area contributed by atoms with Crippen LogP contribution in [0.25, 0.3) is 17.1 Å². The molecule has 1 aliphatic heterocycles. The molecule has 33 heavy (non-hydrogen) atoms. The quantitative estimate of drug-likeness (QED) is 0.598. The molecule has 5 rings (SSSR count). The van der Waals surface area contributed by atoms with E-state index in [0.717, 1.165) is 43.0 Å². The predicted octanol–water partition coefficient (Wildman–Crippen LogP) is 3.95. The molecule has 0 amide bonds. The van der Waals surface area contributed by atoms with Gasteiger partial charge in [0.2, 0.25) is 5.82 Å². The molecular weight excluding hydrogens is 424 g/mol. The molecule has 1 aliphatic carbocycles. The van der Waals surface area contributed by atoms with Crippen LogP contribution < -0.4 is 16.2 Å². The Labute approximate surface area is 189 Å². The highest BCUT2D eigenvalue weighted by Crippen LogP contribution is 2.40. The Morgan fingerprint density at radius 1 is 1.15 bits per heavy atom. The van der Waals surface area contributed by atoms with Gasteiger partial charge in [-0.15, -0.1) is 0 Å². The fraction of sp³-hybridized carbons (Fsp3) is 0.320. The molecule has 8 heteroatoms. The normalized spacial score (nSPS) is 17.7. The number of rotatable bonds is 6. The molecule has 168 valence electrons. The van der Waals surface area contributed by atoms with Crippen molar-refractivity contribution >= 4 is 5.82 Å². The Kier molecular flexibility index (Phi) is 5.65.